The van der Waals surface area contributed by atoms with Crippen molar-refractivity contribution < 1.29 is 33.3 Å². The Labute approximate surface area is 209 Å². The van der Waals surface area contributed by atoms with Gasteiger partial charge in [0.25, 0.3) is 5.91 Å². The third kappa shape index (κ3) is 8.68. The average Bonchev–Trinajstić information content (AvgIpc) is 2.89. The number of ether oxygens (including phenoxy) is 4. The van der Waals surface area contributed by atoms with Crippen LogP contribution in [0.3, 0.4) is 0 Å². The first-order chi connectivity index (χ1) is 17.4. The summed E-state index contributed by atoms with van der Waals surface area (Å²) >= 11 is 0. The number of carbonyl (C=O) groups is 3. The molecule has 0 aliphatic rings. The van der Waals surface area contributed by atoms with E-state index in [4.69, 9.17) is 18.9 Å². The first-order valence-electron chi connectivity index (χ1n) is 11.4. The normalized spacial score (nSPS) is 10.2. The van der Waals surface area contributed by atoms with Gasteiger partial charge in [0.05, 0.1) is 20.1 Å². The van der Waals surface area contributed by atoms with E-state index in [1.807, 2.05) is 6.92 Å². The van der Waals surface area contributed by atoms with Gasteiger partial charge in [0.1, 0.15) is 23.0 Å². The Morgan fingerprint density at radius 1 is 0.667 bits per heavy atom. The molecule has 0 saturated heterocycles. The van der Waals surface area contributed by atoms with Gasteiger partial charge in [0.2, 0.25) is 5.91 Å². The number of anilines is 2. The van der Waals surface area contributed by atoms with Gasteiger partial charge in [0.15, 0.2) is 6.61 Å². The number of hydrogen-bond acceptors (Lipinski definition) is 7. The third-order valence-corrected chi connectivity index (χ3v) is 4.80. The summed E-state index contributed by atoms with van der Waals surface area (Å²) in [6.07, 6.45) is -0.232. The second-order valence-corrected chi connectivity index (χ2v) is 7.52. The van der Waals surface area contributed by atoms with E-state index in [2.05, 4.69) is 10.6 Å². The molecule has 0 spiro atoms. The first kappa shape index (κ1) is 26.1. The van der Waals surface area contributed by atoms with Crippen molar-refractivity contribution in [3.63, 3.8) is 0 Å². The van der Waals surface area contributed by atoms with Crippen molar-refractivity contribution in [3.8, 4) is 23.0 Å². The highest BCUT2D eigenvalue weighted by Gasteiger charge is 2.11. The Bertz CT molecular complexity index is 1140. The predicted molar refractivity (Wildman–Crippen MR) is 135 cm³/mol. The molecule has 0 saturated carbocycles. The summed E-state index contributed by atoms with van der Waals surface area (Å²) in [6.45, 7) is 1.99. The SMILES string of the molecule is CCOc1ccc(NC(=O)COC(=O)CCC(=O)Nc2ccc(Oc3ccc(OC)cc3)cc2)cc1. The van der Waals surface area contributed by atoms with Crippen LogP contribution in [0.4, 0.5) is 11.4 Å². The molecular weight excluding hydrogens is 464 g/mol. The van der Waals surface area contributed by atoms with Gasteiger partial charge < -0.3 is 29.6 Å². The van der Waals surface area contributed by atoms with Gasteiger partial charge in [-0.3, -0.25) is 14.4 Å². The molecule has 0 aliphatic heterocycles. The molecule has 0 aromatic heterocycles. The Kier molecular flexibility index (Phi) is 9.69. The zero-order chi connectivity index (χ0) is 25.8. The van der Waals surface area contributed by atoms with Crippen molar-refractivity contribution in [2.75, 3.05) is 31.0 Å². The lowest BCUT2D eigenvalue weighted by Crippen LogP contribution is -2.21. The summed E-state index contributed by atoms with van der Waals surface area (Å²) in [7, 11) is 1.59. The van der Waals surface area contributed by atoms with Gasteiger partial charge in [0, 0.05) is 17.8 Å². The summed E-state index contributed by atoms with van der Waals surface area (Å²) in [5.74, 6) is 1.21. The van der Waals surface area contributed by atoms with Crippen LogP contribution in [-0.4, -0.2) is 38.1 Å². The zero-order valence-electron chi connectivity index (χ0n) is 20.1. The largest absolute Gasteiger partial charge is 0.497 e. The summed E-state index contributed by atoms with van der Waals surface area (Å²) in [5.41, 5.74) is 1.12. The zero-order valence-corrected chi connectivity index (χ0v) is 20.1. The standard InChI is InChI=1S/C27H28N2O7/c1-3-34-22-8-4-20(5-9-22)29-26(31)18-35-27(32)17-16-25(30)28-19-6-10-23(11-7-19)36-24-14-12-21(33-2)13-15-24/h4-15H,3,16-18H2,1-2H3,(H,28,30)(H,29,31). The third-order valence-electron chi connectivity index (χ3n) is 4.80. The van der Waals surface area contributed by atoms with Gasteiger partial charge in [-0.05, 0) is 79.7 Å². The van der Waals surface area contributed by atoms with Gasteiger partial charge in [-0.2, -0.15) is 0 Å². The highest BCUT2D eigenvalue weighted by atomic mass is 16.5. The lowest BCUT2D eigenvalue weighted by Gasteiger charge is -2.09. The molecule has 3 rings (SSSR count). The maximum atomic E-state index is 12.2. The number of esters is 1. The van der Waals surface area contributed by atoms with Crippen LogP contribution in [0.1, 0.15) is 19.8 Å². The molecule has 0 heterocycles. The van der Waals surface area contributed by atoms with Crippen molar-refractivity contribution in [2.24, 2.45) is 0 Å². The molecule has 2 N–H and O–H groups in total. The Morgan fingerprint density at radius 2 is 1.17 bits per heavy atom. The molecular formula is C27H28N2O7. The van der Waals surface area contributed by atoms with Crippen LogP contribution >= 0.6 is 0 Å². The molecule has 0 aliphatic carbocycles. The van der Waals surface area contributed by atoms with E-state index in [1.54, 1.807) is 79.9 Å². The van der Waals surface area contributed by atoms with E-state index < -0.39 is 18.5 Å². The monoisotopic (exact) mass is 492 g/mol. The number of methoxy groups -OCH3 is 1. The van der Waals surface area contributed by atoms with E-state index in [-0.39, 0.29) is 18.7 Å². The lowest BCUT2D eigenvalue weighted by atomic mass is 10.2. The second kappa shape index (κ2) is 13.4. The lowest BCUT2D eigenvalue weighted by molar-refractivity contribution is -0.147. The predicted octanol–water partition coefficient (Wildman–Crippen LogP) is 4.79. The van der Waals surface area contributed by atoms with Crippen LogP contribution < -0.4 is 24.8 Å². The topological polar surface area (TPSA) is 112 Å². The van der Waals surface area contributed by atoms with Crippen LogP contribution in [0.2, 0.25) is 0 Å². The minimum absolute atomic E-state index is 0.0799. The number of rotatable bonds is 12. The molecule has 3 aromatic rings. The summed E-state index contributed by atoms with van der Waals surface area (Å²) in [5, 5.41) is 5.33. The smallest absolute Gasteiger partial charge is 0.306 e. The second-order valence-electron chi connectivity index (χ2n) is 7.52. The maximum Gasteiger partial charge on any atom is 0.306 e. The fraction of sp³-hybridized carbons (Fsp3) is 0.222. The fourth-order valence-corrected chi connectivity index (χ4v) is 3.04. The maximum absolute atomic E-state index is 12.2. The highest BCUT2D eigenvalue weighted by molar-refractivity contribution is 5.94. The Morgan fingerprint density at radius 3 is 1.72 bits per heavy atom. The van der Waals surface area contributed by atoms with Crippen molar-refractivity contribution in [1.82, 2.24) is 0 Å². The Balaban J connectivity index is 1.35. The molecule has 0 unspecified atom stereocenters. The van der Waals surface area contributed by atoms with Crippen LogP contribution in [-0.2, 0) is 19.1 Å². The van der Waals surface area contributed by atoms with Crippen LogP contribution in [0.15, 0.2) is 72.8 Å². The molecule has 9 nitrogen and oxygen atoms in total. The summed E-state index contributed by atoms with van der Waals surface area (Å²) in [4.78, 5) is 36.0. The van der Waals surface area contributed by atoms with Gasteiger partial charge >= 0.3 is 5.97 Å². The van der Waals surface area contributed by atoms with E-state index in [9.17, 15) is 14.4 Å². The molecule has 3 aromatic carbocycles. The van der Waals surface area contributed by atoms with Gasteiger partial charge in [-0.15, -0.1) is 0 Å². The highest BCUT2D eigenvalue weighted by Crippen LogP contribution is 2.25. The van der Waals surface area contributed by atoms with Gasteiger partial charge in [-0.25, -0.2) is 0 Å². The fourth-order valence-electron chi connectivity index (χ4n) is 3.04. The molecule has 2 amide bonds. The molecule has 0 atom stereocenters. The van der Waals surface area contributed by atoms with Gasteiger partial charge in [-0.1, -0.05) is 0 Å². The molecule has 36 heavy (non-hydrogen) atoms. The molecule has 188 valence electrons. The molecule has 0 fully saturated rings. The number of nitrogens with one attached hydrogen (secondary N) is 2. The van der Waals surface area contributed by atoms with Crippen molar-refractivity contribution in [2.45, 2.75) is 19.8 Å². The first-order valence-corrected chi connectivity index (χ1v) is 11.4. The molecule has 0 bridgehead atoms. The number of carbonyl (C=O) groups excluding carboxylic acids is 3. The molecule has 9 heteroatoms. The molecule has 0 radical (unpaired) electrons. The van der Waals surface area contributed by atoms with E-state index in [0.717, 1.165) is 5.75 Å². The van der Waals surface area contributed by atoms with Crippen LogP contribution in [0.25, 0.3) is 0 Å². The summed E-state index contributed by atoms with van der Waals surface area (Å²) in [6, 6.07) is 20.8. The van der Waals surface area contributed by atoms with E-state index >= 15 is 0 Å². The summed E-state index contributed by atoms with van der Waals surface area (Å²) < 4.78 is 21.1. The van der Waals surface area contributed by atoms with Crippen LogP contribution in [0.5, 0.6) is 23.0 Å². The average molecular weight is 493 g/mol. The number of hydrogen-bond donors (Lipinski definition) is 2. The minimum Gasteiger partial charge on any atom is -0.497 e. The quantitative estimate of drug-likeness (QED) is 0.350. The van der Waals surface area contributed by atoms with Crippen molar-refractivity contribution >= 4 is 29.2 Å². The van der Waals surface area contributed by atoms with Crippen molar-refractivity contribution in [1.29, 1.82) is 0 Å². The van der Waals surface area contributed by atoms with Crippen molar-refractivity contribution in [3.05, 3.63) is 72.8 Å². The van der Waals surface area contributed by atoms with E-state index in [1.165, 1.54) is 0 Å². The Hall–Kier alpha value is -4.53. The van der Waals surface area contributed by atoms with E-state index in [0.29, 0.717) is 35.2 Å². The number of benzene rings is 3. The van der Waals surface area contributed by atoms with Crippen LogP contribution in [0, 0.1) is 0 Å². The number of amides is 2. The minimum atomic E-state index is -0.643.